The summed E-state index contributed by atoms with van der Waals surface area (Å²) in [5.74, 6) is -1.20. The van der Waals surface area contributed by atoms with Crippen molar-refractivity contribution >= 4 is 23.3 Å². The Bertz CT molecular complexity index is 519. The van der Waals surface area contributed by atoms with E-state index >= 15 is 0 Å². The number of nitrogens with two attached hydrogens (primary N) is 1. The van der Waals surface area contributed by atoms with Crippen LogP contribution in [-0.4, -0.2) is 50.3 Å². The minimum absolute atomic E-state index is 0.0809. The van der Waals surface area contributed by atoms with Crippen LogP contribution in [0.4, 0.5) is 11.4 Å². The summed E-state index contributed by atoms with van der Waals surface area (Å²) >= 11 is 0. The monoisotopic (exact) mass is 295 g/mol. The molecule has 1 aromatic rings. The van der Waals surface area contributed by atoms with Gasteiger partial charge < -0.3 is 25.8 Å². The highest BCUT2D eigenvalue weighted by Crippen LogP contribution is 2.23. The molecule has 0 aliphatic heterocycles. The molecule has 0 aliphatic rings. The standard InChI is InChI=1S/C14H21N3O4/c1-9(8-21-3)16-13(18)7-17(2)12-5-4-10(14(19)20)6-11(12)15/h4-6,9H,7-8,15H2,1-3H3,(H,16,18)(H,19,20). The van der Waals surface area contributed by atoms with Crippen LogP contribution in [0.1, 0.15) is 17.3 Å². The van der Waals surface area contributed by atoms with Gasteiger partial charge in [0.25, 0.3) is 0 Å². The van der Waals surface area contributed by atoms with Crippen LogP contribution in [0.25, 0.3) is 0 Å². The van der Waals surface area contributed by atoms with Gasteiger partial charge in [-0.3, -0.25) is 4.79 Å². The van der Waals surface area contributed by atoms with Gasteiger partial charge in [0.05, 0.1) is 30.1 Å². The third-order valence-corrected chi connectivity index (χ3v) is 2.89. The number of nitrogen functional groups attached to an aromatic ring is 1. The van der Waals surface area contributed by atoms with Crippen LogP contribution in [-0.2, 0) is 9.53 Å². The van der Waals surface area contributed by atoms with Crippen LogP contribution in [0.5, 0.6) is 0 Å². The van der Waals surface area contributed by atoms with Gasteiger partial charge in [0, 0.05) is 20.2 Å². The van der Waals surface area contributed by atoms with Crippen LogP contribution in [0.15, 0.2) is 18.2 Å². The summed E-state index contributed by atoms with van der Waals surface area (Å²) in [7, 11) is 3.28. The zero-order valence-electron chi connectivity index (χ0n) is 12.4. The molecule has 1 rings (SSSR count). The number of carbonyl (C=O) groups is 2. The highest BCUT2D eigenvalue weighted by molar-refractivity contribution is 5.91. The van der Waals surface area contributed by atoms with Gasteiger partial charge in [-0.25, -0.2) is 4.79 Å². The van der Waals surface area contributed by atoms with Gasteiger partial charge in [0.15, 0.2) is 0 Å². The van der Waals surface area contributed by atoms with Gasteiger partial charge in [-0.2, -0.15) is 0 Å². The predicted molar refractivity (Wildman–Crippen MR) is 80.6 cm³/mol. The zero-order valence-corrected chi connectivity index (χ0v) is 12.4. The Morgan fingerprint density at radius 1 is 1.48 bits per heavy atom. The second-order valence-electron chi connectivity index (χ2n) is 4.86. The molecular formula is C14H21N3O4. The first kappa shape index (κ1) is 16.8. The molecule has 0 radical (unpaired) electrons. The number of benzene rings is 1. The molecule has 1 amide bonds. The summed E-state index contributed by atoms with van der Waals surface area (Å²) in [5, 5.41) is 11.7. The fraction of sp³-hybridized carbons (Fsp3) is 0.429. The van der Waals surface area contributed by atoms with E-state index in [2.05, 4.69) is 5.32 Å². The molecule has 0 spiro atoms. The molecule has 21 heavy (non-hydrogen) atoms. The fourth-order valence-corrected chi connectivity index (χ4v) is 1.95. The molecule has 1 unspecified atom stereocenters. The molecule has 1 aromatic carbocycles. The van der Waals surface area contributed by atoms with Gasteiger partial charge in [0.2, 0.25) is 5.91 Å². The molecule has 0 saturated carbocycles. The van der Waals surface area contributed by atoms with Crippen molar-refractivity contribution in [2.24, 2.45) is 0 Å². The minimum atomic E-state index is -1.04. The molecule has 4 N–H and O–H groups in total. The molecule has 0 heterocycles. The quantitative estimate of drug-likeness (QED) is 0.635. The number of carboxylic acid groups (broad SMARTS) is 1. The number of nitrogens with zero attached hydrogens (tertiary/aromatic N) is 1. The van der Waals surface area contributed by atoms with Crippen LogP contribution in [0.3, 0.4) is 0 Å². The van der Waals surface area contributed by atoms with Crippen molar-refractivity contribution < 1.29 is 19.4 Å². The molecule has 7 nitrogen and oxygen atoms in total. The lowest BCUT2D eigenvalue weighted by Crippen LogP contribution is -2.41. The normalized spacial score (nSPS) is 11.8. The number of amides is 1. The number of carboxylic acids is 1. The maximum absolute atomic E-state index is 11.9. The lowest BCUT2D eigenvalue weighted by Gasteiger charge is -2.22. The average molecular weight is 295 g/mol. The first-order valence-electron chi connectivity index (χ1n) is 6.47. The highest BCUT2D eigenvalue weighted by atomic mass is 16.5. The Balaban J connectivity index is 2.69. The Morgan fingerprint density at radius 3 is 2.67 bits per heavy atom. The first-order valence-corrected chi connectivity index (χ1v) is 6.47. The third kappa shape index (κ3) is 4.96. The lowest BCUT2D eigenvalue weighted by molar-refractivity contribution is -0.120. The van der Waals surface area contributed by atoms with Gasteiger partial charge >= 0.3 is 5.97 Å². The lowest BCUT2D eigenvalue weighted by atomic mass is 10.1. The van der Waals surface area contributed by atoms with Crippen molar-refractivity contribution in [2.45, 2.75) is 13.0 Å². The van der Waals surface area contributed by atoms with E-state index in [9.17, 15) is 9.59 Å². The Kier molecular flexibility index (Phi) is 5.98. The molecule has 0 aromatic heterocycles. The second-order valence-corrected chi connectivity index (χ2v) is 4.86. The number of ether oxygens (including phenoxy) is 1. The summed E-state index contributed by atoms with van der Waals surface area (Å²) < 4.78 is 4.94. The highest BCUT2D eigenvalue weighted by Gasteiger charge is 2.13. The molecule has 1 atom stereocenters. The second kappa shape index (κ2) is 7.49. The molecule has 0 saturated heterocycles. The van der Waals surface area contributed by atoms with Gasteiger partial charge in [0.1, 0.15) is 0 Å². The van der Waals surface area contributed by atoms with Crippen LogP contribution >= 0.6 is 0 Å². The smallest absolute Gasteiger partial charge is 0.335 e. The number of aromatic carboxylic acids is 1. The molecule has 0 aliphatic carbocycles. The van der Waals surface area contributed by atoms with Gasteiger partial charge in [-0.15, -0.1) is 0 Å². The van der Waals surface area contributed by atoms with E-state index in [-0.39, 0.29) is 24.1 Å². The van der Waals surface area contributed by atoms with Crippen LogP contribution < -0.4 is 16.0 Å². The van der Waals surface area contributed by atoms with Crippen molar-refractivity contribution in [1.82, 2.24) is 5.32 Å². The largest absolute Gasteiger partial charge is 0.478 e. The molecule has 0 bridgehead atoms. The van der Waals surface area contributed by atoms with E-state index in [1.165, 1.54) is 12.1 Å². The van der Waals surface area contributed by atoms with E-state index in [0.717, 1.165) is 0 Å². The fourth-order valence-electron chi connectivity index (χ4n) is 1.95. The maximum Gasteiger partial charge on any atom is 0.335 e. The zero-order chi connectivity index (χ0) is 16.0. The molecular weight excluding hydrogens is 274 g/mol. The number of carbonyl (C=O) groups excluding carboxylic acids is 1. The number of hydrogen-bond donors (Lipinski definition) is 3. The third-order valence-electron chi connectivity index (χ3n) is 2.89. The average Bonchev–Trinajstić information content (AvgIpc) is 2.37. The maximum atomic E-state index is 11.9. The van der Waals surface area contributed by atoms with E-state index in [1.807, 2.05) is 6.92 Å². The van der Waals surface area contributed by atoms with E-state index in [1.54, 1.807) is 25.1 Å². The van der Waals surface area contributed by atoms with Crippen LogP contribution in [0.2, 0.25) is 0 Å². The Hall–Kier alpha value is -2.28. The van der Waals surface area contributed by atoms with E-state index in [0.29, 0.717) is 18.0 Å². The summed E-state index contributed by atoms with van der Waals surface area (Å²) in [6.45, 7) is 2.40. The number of anilines is 2. The number of rotatable bonds is 7. The summed E-state index contributed by atoms with van der Waals surface area (Å²) in [4.78, 5) is 24.4. The van der Waals surface area contributed by atoms with Crippen molar-refractivity contribution in [3.05, 3.63) is 23.8 Å². The van der Waals surface area contributed by atoms with Crippen molar-refractivity contribution in [3.8, 4) is 0 Å². The topological polar surface area (TPSA) is 105 Å². The number of methoxy groups -OCH3 is 1. The number of likely N-dealkylation sites (N-methyl/N-ethyl adjacent to an activating group) is 1. The van der Waals surface area contributed by atoms with Gasteiger partial charge in [-0.05, 0) is 25.1 Å². The summed E-state index contributed by atoms with van der Waals surface area (Å²) in [6.07, 6.45) is 0. The van der Waals surface area contributed by atoms with Crippen molar-refractivity contribution in [1.29, 1.82) is 0 Å². The first-order chi connectivity index (χ1) is 9.85. The Morgan fingerprint density at radius 2 is 2.14 bits per heavy atom. The summed E-state index contributed by atoms with van der Waals surface area (Å²) in [5.41, 5.74) is 6.86. The Labute approximate surface area is 123 Å². The van der Waals surface area contributed by atoms with Gasteiger partial charge in [-0.1, -0.05) is 0 Å². The molecule has 0 fully saturated rings. The summed E-state index contributed by atoms with van der Waals surface area (Å²) in [6, 6.07) is 4.34. The number of nitrogens with one attached hydrogen (secondary N) is 1. The number of hydrogen-bond acceptors (Lipinski definition) is 5. The van der Waals surface area contributed by atoms with Crippen molar-refractivity contribution in [3.63, 3.8) is 0 Å². The minimum Gasteiger partial charge on any atom is -0.478 e. The van der Waals surface area contributed by atoms with E-state index < -0.39 is 5.97 Å². The molecule has 7 heteroatoms. The van der Waals surface area contributed by atoms with Crippen molar-refractivity contribution in [2.75, 3.05) is 37.9 Å². The predicted octanol–water partition coefficient (Wildman–Crippen LogP) is 0.554. The van der Waals surface area contributed by atoms with E-state index in [4.69, 9.17) is 15.6 Å². The van der Waals surface area contributed by atoms with Crippen LogP contribution in [0, 0.1) is 0 Å². The SMILES string of the molecule is COCC(C)NC(=O)CN(C)c1ccc(C(=O)O)cc1N. The molecule has 116 valence electrons.